The smallest absolute Gasteiger partial charge is 0.434 e. The molecule has 0 unspecified atom stereocenters. The lowest BCUT2D eigenvalue weighted by Gasteiger charge is -2.12. The van der Waals surface area contributed by atoms with Gasteiger partial charge in [-0.3, -0.25) is 0 Å². The van der Waals surface area contributed by atoms with Gasteiger partial charge in [-0.05, 0) is 24.3 Å². The number of alkyl halides is 3. The zero-order valence-electron chi connectivity index (χ0n) is 16.2. The molecule has 6 nitrogen and oxygen atoms in total. The molecule has 4 aromatic rings. The molecule has 4 rings (SSSR count). The van der Waals surface area contributed by atoms with E-state index in [0.29, 0.717) is 10.2 Å². The molecular weight excluding hydrogens is 470 g/mol. The molecule has 11 heteroatoms. The lowest BCUT2D eigenvalue weighted by Crippen LogP contribution is -2.15. The van der Waals surface area contributed by atoms with Crippen molar-refractivity contribution in [1.29, 1.82) is 0 Å². The van der Waals surface area contributed by atoms with E-state index >= 15 is 0 Å². The molecule has 0 fully saturated rings. The van der Waals surface area contributed by atoms with E-state index in [9.17, 15) is 18.0 Å². The van der Waals surface area contributed by atoms with E-state index in [1.165, 1.54) is 24.3 Å². The van der Waals surface area contributed by atoms with Crippen LogP contribution in [-0.2, 0) is 10.9 Å². The first kappa shape index (κ1) is 21.9. The molecule has 0 N–H and O–H groups in total. The zero-order chi connectivity index (χ0) is 23.0. The third kappa shape index (κ3) is 3.85. The van der Waals surface area contributed by atoms with Gasteiger partial charge in [-0.1, -0.05) is 52.6 Å². The van der Waals surface area contributed by atoms with Gasteiger partial charge in [-0.15, -0.1) is 0 Å². The number of hydrogen-bond acceptors (Lipinski definition) is 5. The average molecular weight is 482 g/mol. The standard InChI is InChI=1S/C21H12Cl2F3N3O3/c1-31-20(30)16-17(13-7-2-3-8-15(13)23)28-32-18(16)14-10-27-29(19(14)21(24,25)26)12-6-4-5-11(22)9-12/h2-10H,1H3. The monoisotopic (exact) mass is 481 g/mol. The molecule has 0 amide bonds. The van der Waals surface area contributed by atoms with Gasteiger partial charge in [-0.25, -0.2) is 9.48 Å². The van der Waals surface area contributed by atoms with Gasteiger partial charge >= 0.3 is 12.1 Å². The number of nitrogens with zero attached hydrogens (tertiary/aromatic N) is 3. The highest BCUT2D eigenvalue weighted by Gasteiger charge is 2.42. The van der Waals surface area contributed by atoms with Crippen molar-refractivity contribution >= 4 is 29.2 Å². The van der Waals surface area contributed by atoms with E-state index in [0.717, 1.165) is 13.3 Å². The fourth-order valence-electron chi connectivity index (χ4n) is 3.19. The molecule has 0 saturated carbocycles. The summed E-state index contributed by atoms with van der Waals surface area (Å²) in [5.41, 5.74) is -1.67. The second-order valence-corrected chi connectivity index (χ2v) is 7.35. The van der Waals surface area contributed by atoms with Crippen LogP contribution in [0.5, 0.6) is 0 Å². The van der Waals surface area contributed by atoms with Gasteiger partial charge in [0, 0.05) is 10.6 Å². The molecule has 2 aromatic heterocycles. The van der Waals surface area contributed by atoms with Crippen LogP contribution in [0.3, 0.4) is 0 Å². The molecule has 2 aromatic carbocycles. The zero-order valence-corrected chi connectivity index (χ0v) is 17.7. The molecule has 2 heterocycles. The van der Waals surface area contributed by atoms with Crippen LogP contribution < -0.4 is 0 Å². The van der Waals surface area contributed by atoms with E-state index in [4.69, 9.17) is 32.5 Å². The topological polar surface area (TPSA) is 70.2 Å². The fraction of sp³-hybridized carbons (Fsp3) is 0.0952. The lowest BCUT2D eigenvalue weighted by atomic mass is 10.0. The molecule has 0 spiro atoms. The quantitative estimate of drug-likeness (QED) is 0.319. The van der Waals surface area contributed by atoms with Gasteiger partial charge in [0.25, 0.3) is 0 Å². The number of ether oxygens (including phenoxy) is 1. The number of aromatic nitrogens is 3. The van der Waals surface area contributed by atoms with Crippen LogP contribution in [0, 0.1) is 0 Å². The summed E-state index contributed by atoms with van der Waals surface area (Å²) in [5, 5.41) is 8.15. The van der Waals surface area contributed by atoms with Gasteiger partial charge in [0.1, 0.15) is 11.3 Å². The molecule has 164 valence electrons. The van der Waals surface area contributed by atoms with Gasteiger partial charge in [-0.2, -0.15) is 18.3 Å². The normalized spacial score (nSPS) is 11.6. The van der Waals surface area contributed by atoms with Crippen LogP contribution in [-0.4, -0.2) is 28.0 Å². The van der Waals surface area contributed by atoms with E-state index in [1.807, 2.05) is 0 Å². The molecule has 0 atom stereocenters. The molecular formula is C21H12Cl2F3N3O3. The van der Waals surface area contributed by atoms with E-state index < -0.39 is 29.2 Å². The largest absolute Gasteiger partial charge is 0.465 e. The van der Waals surface area contributed by atoms with Crippen LogP contribution in [0.2, 0.25) is 10.0 Å². The average Bonchev–Trinajstić information content (AvgIpc) is 3.38. The van der Waals surface area contributed by atoms with Crippen LogP contribution >= 0.6 is 23.2 Å². The highest BCUT2D eigenvalue weighted by molar-refractivity contribution is 6.33. The maximum absolute atomic E-state index is 14.1. The summed E-state index contributed by atoms with van der Waals surface area (Å²) in [4.78, 5) is 12.6. The predicted octanol–water partition coefficient (Wildman–Crippen LogP) is 6.31. The Bertz CT molecular complexity index is 1320. The Morgan fingerprint density at radius 3 is 2.50 bits per heavy atom. The number of halogens is 5. The Morgan fingerprint density at radius 2 is 1.84 bits per heavy atom. The van der Waals surface area contributed by atoms with E-state index in [1.54, 1.807) is 24.3 Å². The van der Waals surface area contributed by atoms with E-state index in [-0.39, 0.29) is 27.0 Å². The lowest BCUT2D eigenvalue weighted by molar-refractivity contribution is -0.142. The van der Waals surface area contributed by atoms with Crippen LogP contribution in [0.15, 0.2) is 59.3 Å². The summed E-state index contributed by atoms with van der Waals surface area (Å²) >= 11 is 12.1. The number of hydrogen-bond donors (Lipinski definition) is 0. The maximum atomic E-state index is 14.1. The molecule has 32 heavy (non-hydrogen) atoms. The first-order chi connectivity index (χ1) is 15.2. The van der Waals surface area contributed by atoms with Crippen molar-refractivity contribution in [1.82, 2.24) is 14.9 Å². The first-order valence-electron chi connectivity index (χ1n) is 8.96. The maximum Gasteiger partial charge on any atom is 0.434 e. The second-order valence-electron chi connectivity index (χ2n) is 6.50. The number of methoxy groups -OCH3 is 1. The molecule has 0 bridgehead atoms. The number of benzene rings is 2. The van der Waals surface area contributed by atoms with Crippen molar-refractivity contribution in [3.8, 4) is 28.3 Å². The Labute approximate surface area is 189 Å². The minimum atomic E-state index is -4.86. The van der Waals surface area contributed by atoms with Gasteiger partial charge in [0.2, 0.25) is 0 Å². The SMILES string of the molecule is COC(=O)c1c(-c2ccccc2Cl)noc1-c1cnn(-c2cccc(Cl)c2)c1C(F)(F)F. The van der Waals surface area contributed by atoms with Crippen LogP contribution in [0.1, 0.15) is 16.1 Å². The summed E-state index contributed by atoms with van der Waals surface area (Å²) in [6.07, 6.45) is -3.92. The molecule has 0 aliphatic rings. The molecule has 0 aliphatic carbocycles. The van der Waals surface area contributed by atoms with Gasteiger partial charge < -0.3 is 9.26 Å². The third-order valence-corrected chi connectivity index (χ3v) is 5.11. The Balaban J connectivity index is 1.99. The Kier molecular flexibility index (Phi) is 5.70. The third-order valence-electron chi connectivity index (χ3n) is 4.55. The summed E-state index contributed by atoms with van der Waals surface area (Å²) in [6, 6.07) is 12.1. The summed E-state index contributed by atoms with van der Waals surface area (Å²) in [7, 11) is 1.09. The Hall–Kier alpha value is -3.30. The first-order valence-corrected chi connectivity index (χ1v) is 9.72. The van der Waals surface area contributed by atoms with Crippen molar-refractivity contribution in [3.05, 3.63) is 76.0 Å². The number of carbonyl (C=O) groups is 1. The fourth-order valence-corrected chi connectivity index (χ4v) is 3.60. The minimum Gasteiger partial charge on any atom is -0.465 e. The van der Waals surface area contributed by atoms with Crippen LogP contribution in [0.25, 0.3) is 28.3 Å². The summed E-state index contributed by atoms with van der Waals surface area (Å²) in [5.74, 6) is -1.40. The van der Waals surface area contributed by atoms with Crippen molar-refractivity contribution in [2.75, 3.05) is 7.11 Å². The number of carbonyl (C=O) groups excluding carboxylic acids is 1. The summed E-state index contributed by atoms with van der Waals surface area (Å²) in [6.45, 7) is 0. The molecule has 0 saturated heterocycles. The second kappa shape index (κ2) is 8.33. The number of rotatable bonds is 4. The minimum absolute atomic E-state index is 0.0546. The highest BCUT2D eigenvalue weighted by Crippen LogP contribution is 2.42. The Morgan fingerprint density at radius 1 is 1.09 bits per heavy atom. The highest BCUT2D eigenvalue weighted by atomic mass is 35.5. The van der Waals surface area contributed by atoms with Crippen molar-refractivity contribution in [2.45, 2.75) is 6.18 Å². The molecule has 0 aliphatic heterocycles. The molecule has 0 radical (unpaired) electrons. The van der Waals surface area contributed by atoms with E-state index in [2.05, 4.69) is 10.3 Å². The van der Waals surface area contributed by atoms with Crippen molar-refractivity contribution < 1.29 is 27.2 Å². The van der Waals surface area contributed by atoms with Gasteiger partial charge in [0.15, 0.2) is 11.5 Å². The van der Waals surface area contributed by atoms with Crippen molar-refractivity contribution in [3.63, 3.8) is 0 Å². The van der Waals surface area contributed by atoms with Crippen molar-refractivity contribution in [2.24, 2.45) is 0 Å². The predicted molar refractivity (Wildman–Crippen MR) is 111 cm³/mol. The summed E-state index contributed by atoms with van der Waals surface area (Å²) < 4.78 is 53.1. The van der Waals surface area contributed by atoms with Crippen LogP contribution in [0.4, 0.5) is 13.2 Å². The number of esters is 1. The van der Waals surface area contributed by atoms with Gasteiger partial charge in [0.05, 0.1) is 29.6 Å².